The Labute approximate surface area is 93.0 Å². The van der Waals surface area contributed by atoms with Crippen LogP contribution in [0.25, 0.3) is 21.5 Å². The Balaban J connectivity index is 2.40. The van der Waals surface area contributed by atoms with Crippen LogP contribution in [0, 0.1) is 0 Å². The predicted octanol–water partition coefficient (Wildman–Crippen LogP) is 2.88. The first-order valence-corrected chi connectivity index (χ1v) is 5.56. The van der Waals surface area contributed by atoms with E-state index in [1.165, 1.54) is 32.7 Å². The lowest BCUT2D eigenvalue weighted by atomic mass is 9.89. The Morgan fingerprint density at radius 3 is 1.69 bits per heavy atom. The maximum Gasteiger partial charge on any atom is 0.0346 e. The van der Waals surface area contributed by atoms with Crippen LogP contribution in [-0.2, 0) is 12.8 Å². The number of pyridine rings is 2. The van der Waals surface area contributed by atoms with Crippen LogP contribution < -0.4 is 0 Å². The molecule has 16 heavy (non-hydrogen) atoms. The lowest BCUT2D eigenvalue weighted by molar-refractivity contribution is 0.950. The van der Waals surface area contributed by atoms with Crippen LogP contribution in [0.4, 0.5) is 0 Å². The van der Waals surface area contributed by atoms with Gasteiger partial charge in [-0.05, 0) is 34.7 Å². The lowest BCUT2D eigenvalue weighted by Crippen LogP contribution is -2.02. The van der Waals surface area contributed by atoms with Gasteiger partial charge in [-0.1, -0.05) is 12.1 Å². The summed E-state index contributed by atoms with van der Waals surface area (Å²) in [4.78, 5) is 8.61. The van der Waals surface area contributed by atoms with Gasteiger partial charge >= 0.3 is 0 Å². The van der Waals surface area contributed by atoms with Gasteiger partial charge in [-0.25, -0.2) is 0 Å². The van der Waals surface area contributed by atoms with Crippen LogP contribution in [0.15, 0.2) is 36.9 Å². The first kappa shape index (κ1) is 8.22. The molecule has 76 valence electrons. The van der Waals surface area contributed by atoms with Crippen molar-refractivity contribution in [3.05, 3.63) is 48.0 Å². The molecule has 0 aliphatic heterocycles. The Morgan fingerprint density at radius 2 is 1.19 bits per heavy atom. The van der Waals surface area contributed by atoms with Crippen LogP contribution in [0.2, 0.25) is 0 Å². The van der Waals surface area contributed by atoms with Gasteiger partial charge in [0.1, 0.15) is 0 Å². The molecule has 0 saturated carbocycles. The van der Waals surface area contributed by atoms with Crippen molar-refractivity contribution >= 4 is 21.5 Å². The summed E-state index contributed by atoms with van der Waals surface area (Å²) in [5, 5.41) is 5.27. The number of hydrogen-bond donors (Lipinski definition) is 0. The van der Waals surface area contributed by atoms with E-state index in [9.17, 15) is 0 Å². The highest BCUT2D eigenvalue weighted by Crippen LogP contribution is 2.34. The van der Waals surface area contributed by atoms with Gasteiger partial charge in [0.05, 0.1) is 0 Å². The van der Waals surface area contributed by atoms with E-state index in [1.807, 2.05) is 24.8 Å². The van der Waals surface area contributed by atoms with Crippen molar-refractivity contribution in [3.8, 4) is 0 Å². The van der Waals surface area contributed by atoms with Crippen molar-refractivity contribution < 1.29 is 0 Å². The number of rotatable bonds is 0. The molecule has 0 N–H and O–H groups in total. The lowest BCUT2D eigenvalue weighted by Gasteiger charge is -2.17. The molecule has 2 aromatic heterocycles. The summed E-state index contributed by atoms with van der Waals surface area (Å²) < 4.78 is 0. The number of nitrogens with zero attached hydrogens (tertiary/aromatic N) is 2. The minimum atomic E-state index is 1.09. The molecule has 0 atom stereocenters. The first-order valence-electron chi connectivity index (χ1n) is 5.56. The molecule has 1 aliphatic carbocycles. The maximum absolute atomic E-state index is 4.30. The summed E-state index contributed by atoms with van der Waals surface area (Å²) in [5.41, 5.74) is 2.75. The van der Waals surface area contributed by atoms with E-state index in [0.29, 0.717) is 0 Å². The van der Waals surface area contributed by atoms with Crippen molar-refractivity contribution in [1.82, 2.24) is 9.97 Å². The highest BCUT2D eigenvalue weighted by molar-refractivity contribution is 6.10. The van der Waals surface area contributed by atoms with Crippen LogP contribution in [0.5, 0.6) is 0 Å². The van der Waals surface area contributed by atoms with Gasteiger partial charge in [-0.2, -0.15) is 0 Å². The fraction of sp³-hybridized carbons (Fsp3) is 0.143. The molecule has 1 aliphatic rings. The molecule has 0 amide bonds. The monoisotopic (exact) mass is 206 g/mol. The smallest absolute Gasteiger partial charge is 0.0346 e. The predicted molar refractivity (Wildman–Crippen MR) is 64.5 cm³/mol. The van der Waals surface area contributed by atoms with Gasteiger partial charge < -0.3 is 0 Å². The second kappa shape index (κ2) is 2.79. The third kappa shape index (κ3) is 0.915. The van der Waals surface area contributed by atoms with Crippen LogP contribution in [-0.4, -0.2) is 9.97 Å². The summed E-state index contributed by atoms with van der Waals surface area (Å²) in [7, 11) is 0. The van der Waals surface area contributed by atoms with Gasteiger partial charge in [-0.3, -0.25) is 9.97 Å². The molecule has 1 aromatic carbocycles. The molecule has 0 radical (unpaired) electrons. The summed E-state index contributed by atoms with van der Waals surface area (Å²) in [6, 6.07) is 4.29. The van der Waals surface area contributed by atoms with Gasteiger partial charge in [0.25, 0.3) is 0 Å². The molecule has 0 spiro atoms. The Kier molecular flexibility index (Phi) is 1.43. The highest BCUT2D eigenvalue weighted by Gasteiger charge is 2.14. The Hall–Kier alpha value is -1.96. The van der Waals surface area contributed by atoms with E-state index in [2.05, 4.69) is 22.1 Å². The molecule has 0 unspecified atom stereocenters. The van der Waals surface area contributed by atoms with Crippen LogP contribution in [0.1, 0.15) is 11.1 Å². The quantitative estimate of drug-likeness (QED) is 0.528. The minimum Gasteiger partial charge on any atom is -0.264 e. The minimum absolute atomic E-state index is 1.09. The largest absolute Gasteiger partial charge is 0.264 e. The second-order valence-corrected chi connectivity index (χ2v) is 4.36. The molecule has 2 heterocycles. The third-order valence-electron chi connectivity index (χ3n) is 3.46. The Morgan fingerprint density at radius 1 is 0.688 bits per heavy atom. The number of aryl methyl sites for hydroxylation is 2. The third-order valence-corrected chi connectivity index (χ3v) is 3.46. The molecule has 0 saturated heterocycles. The molecule has 4 rings (SSSR count). The molecule has 0 bridgehead atoms. The fourth-order valence-electron chi connectivity index (χ4n) is 2.73. The van der Waals surface area contributed by atoms with Gasteiger partial charge in [0.2, 0.25) is 0 Å². The number of hydrogen-bond acceptors (Lipinski definition) is 2. The van der Waals surface area contributed by atoms with Crippen LogP contribution >= 0.6 is 0 Å². The van der Waals surface area contributed by atoms with E-state index < -0.39 is 0 Å². The molecule has 3 aromatic rings. The molecule has 0 fully saturated rings. The van der Waals surface area contributed by atoms with E-state index in [4.69, 9.17) is 0 Å². The summed E-state index contributed by atoms with van der Waals surface area (Å²) in [6.45, 7) is 0. The SMILES string of the molecule is c1ncc2ccc3cncc4c3c2c1CC4. The fourth-order valence-corrected chi connectivity index (χ4v) is 2.73. The van der Waals surface area contributed by atoms with E-state index in [1.54, 1.807) is 0 Å². The summed E-state index contributed by atoms with van der Waals surface area (Å²) in [5.74, 6) is 0. The zero-order valence-corrected chi connectivity index (χ0v) is 8.77. The summed E-state index contributed by atoms with van der Waals surface area (Å²) >= 11 is 0. The van der Waals surface area contributed by atoms with Crippen molar-refractivity contribution in [2.75, 3.05) is 0 Å². The topological polar surface area (TPSA) is 25.8 Å². The molecular weight excluding hydrogens is 196 g/mol. The van der Waals surface area contributed by atoms with E-state index in [0.717, 1.165) is 12.8 Å². The average molecular weight is 206 g/mol. The molecule has 2 heteroatoms. The van der Waals surface area contributed by atoms with Gasteiger partial charge in [-0.15, -0.1) is 0 Å². The van der Waals surface area contributed by atoms with Gasteiger partial charge in [0.15, 0.2) is 0 Å². The Bertz CT molecular complexity index is 654. The van der Waals surface area contributed by atoms with Crippen molar-refractivity contribution in [2.24, 2.45) is 0 Å². The van der Waals surface area contributed by atoms with Crippen molar-refractivity contribution in [1.29, 1.82) is 0 Å². The molecule has 2 nitrogen and oxygen atoms in total. The van der Waals surface area contributed by atoms with E-state index in [-0.39, 0.29) is 0 Å². The maximum atomic E-state index is 4.30. The van der Waals surface area contributed by atoms with Gasteiger partial charge in [0, 0.05) is 35.6 Å². The average Bonchev–Trinajstić information content (AvgIpc) is 2.36. The molecular formula is C14H10N2. The van der Waals surface area contributed by atoms with Crippen molar-refractivity contribution in [2.45, 2.75) is 12.8 Å². The van der Waals surface area contributed by atoms with Crippen molar-refractivity contribution in [3.63, 3.8) is 0 Å². The standard InChI is InChI=1S/C14H10N2/c1-2-10-6-16-8-12-4-3-11-7-15-5-9(1)13(11)14(10)12/h1-2,5-8H,3-4H2. The first-order chi connectivity index (χ1) is 7.93. The zero-order valence-electron chi connectivity index (χ0n) is 8.77. The number of aromatic nitrogens is 2. The highest BCUT2D eigenvalue weighted by atomic mass is 14.6. The zero-order chi connectivity index (χ0) is 10.5. The van der Waals surface area contributed by atoms with Crippen LogP contribution in [0.3, 0.4) is 0 Å². The second-order valence-electron chi connectivity index (χ2n) is 4.36. The normalized spacial score (nSPS) is 13.8. The number of benzene rings is 1. The summed E-state index contributed by atoms with van der Waals surface area (Å²) in [6.07, 6.45) is 10.1. The van der Waals surface area contributed by atoms with E-state index >= 15 is 0 Å².